The fourth-order valence-corrected chi connectivity index (χ4v) is 5.52. The molecule has 0 amide bonds. The van der Waals surface area contributed by atoms with E-state index in [4.69, 9.17) is 22.1 Å². The lowest BCUT2D eigenvalue weighted by atomic mass is 9.95. The summed E-state index contributed by atoms with van der Waals surface area (Å²) >= 11 is 6.22. The predicted octanol–water partition coefficient (Wildman–Crippen LogP) is 5.96. The summed E-state index contributed by atoms with van der Waals surface area (Å²) in [6, 6.07) is 16.8. The van der Waals surface area contributed by atoms with Crippen molar-refractivity contribution in [2.75, 3.05) is 46.6 Å². The van der Waals surface area contributed by atoms with Crippen LogP contribution in [0.25, 0.3) is 22.0 Å². The van der Waals surface area contributed by atoms with Crippen molar-refractivity contribution >= 4 is 34.7 Å². The van der Waals surface area contributed by atoms with Crippen LogP contribution in [0.5, 0.6) is 0 Å². The third-order valence-electron chi connectivity index (χ3n) is 7.42. The Balaban J connectivity index is 0.000000222. The number of methoxy groups -OCH3 is 1. The van der Waals surface area contributed by atoms with Crippen LogP contribution in [-0.4, -0.2) is 66.6 Å². The summed E-state index contributed by atoms with van der Waals surface area (Å²) in [5.74, 6) is 0.900. The number of likely N-dealkylation sites (N-methyl/N-ethyl adjacent to an activating group) is 1. The van der Waals surface area contributed by atoms with Crippen molar-refractivity contribution in [3.05, 3.63) is 77.2 Å². The lowest BCUT2D eigenvalue weighted by Gasteiger charge is -2.30. The van der Waals surface area contributed by atoms with Gasteiger partial charge in [0.15, 0.2) is 0 Å². The first-order valence-electron chi connectivity index (χ1n) is 14.6. The van der Waals surface area contributed by atoms with Crippen LogP contribution >= 0.6 is 11.6 Å². The third-order valence-corrected chi connectivity index (χ3v) is 7.65. The van der Waals surface area contributed by atoms with Crippen LogP contribution in [0.2, 0.25) is 5.02 Å². The number of rotatable bonds is 10. The number of nitrogens with two attached hydrogens (primary N) is 2. The van der Waals surface area contributed by atoms with E-state index in [1.807, 2.05) is 18.2 Å². The Kier molecular flexibility index (Phi) is 13.9. The highest BCUT2D eigenvalue weighted by Crippen LogP contribution is 2.32. The van der Waals surface area contributed by atoms with Crippen molar-refractivity contribution in [2.24, 2.45) is 5.73 Å². The first-order chi connectivity index (χ1) is 20.5. The number of likely N-dealkylation sites (tertiary alicyclic amines) is 1. The Labute approximate surface area is 255 Å². The van der Waals surface area contributed by atoms with Crippen molar-refractivity contribution < 1.29 is 9.53 Å². The molecule has 226 valence electrons. The number of aldehydes is 1. The van der Waals surface area contributed by atoms with E-state index in [-0.39, 0.29) is 5.95 Å². The van der Waals surface area contributed by atoms with Gasteiger partial charge in [-0.25, -0.2) is 9.97 Å². The summed E-state index contributed by atoms with van der Waals surface area (Å²) in [5, 5.41) is 2.11. The molecule has 0 aliphatic carbocycles. The molecule has 0 bridgehead atoms. The van der Waals surface area contributed by atoms with Crippen molar-refractivity contribution in [3.63, 3.8) is 0 Å². The summed E-state index contributed by atoms with van der Waals surface area (Å²) in [5.41, 5.74) is 15.9. The van der Waals surface area contributed by atoms with Crippen LogP contribution in [0.1, 0.15) is 49.3 Å². The lowest BCUT2D eigenvalue weighted by molar-refractivity contribution is -0.107. The van der Waals surface area contributed by atoms with E-state index in [0.29, 0.717) is 12.3 Å². The second-order valence-electron chi connectivity index (χ2n) is 10.5. The quantitative estimate of drug-likeness (QED) is 0.172. The summed E-state index contributed by atoms with van der Waals surface area (Å²) in [7, 11) is 5.49. The van der Waals surface area contributed by atoms with Crippen LogP contribution < -0.4 is 11.5 Å². The highest BCUT2D eigenvalue weighted by atomic mass is 35.5. The maximum Gasteiger partial charge on any atom is 0.219 e. The van der Waals surface area contributed by atoms with Gasteiger partial charge in [-0.1, -0.05) is 41.9 Å². The van der Waals surface area contributed by atoms with Gasteiger partial charge in [0.2, 0.25) is 5.95 Å². The fraction of sp³-hybridized carbons (Fsp3) is 0.424. The van der Waals surface area contributed by atoms with E-state index in [0.717, 1.165) is 61.4 Å². The average molecular weight is 593 g/mol. The number of carbonyl (C=O) groups is 1. The first-order valence-corrected chi connectivity index (χ1v) is 15.0. The zero-order valence-corrected chi connectivity index (χ0v) is 25.9. The zero-order valence-electron chi connectivity index (χ0n) is 25.1. The Morgan fingerprint density at radius 2 is 1.79 bits per heavy atom. The maximum atomic E-state index is 10.2. The summed E-state index contributed by atoms with van der Waals surface area (Å²) in [4.78, 5) is 20.6. The molecule has 1 saturated heterocycles. The number of aromatic nitrogens is 3. The summed E-state index contributed by atoms with van der Waals surface area (Å²) < 4.78 is 7.69. The summed E-state index contributed by atoms with van der Waals surface area (Å²) in [6.45, 7) is 4.15. The van der Waals surface area contributed by atoms with Gasteiger partial charge in [-0.3, -0.25) is 0 Å². The number of hydrogen-bond donors (Lipinski definition) is 2. The van der Waals surface area contributed by atoms with E-state index in [1.165, 1.54) is 48.6 Å². The molecule has 9 heteroatoms. The van der Waals surface area contributed by atoms with E-state index in [2.05, 4.69) is 62.5 Å². The first kappa shape index (κ1) is 33.2. The second-order valence-corrected chi connectivity index (χ2v) is 10.9. The Morgan fingerprint density at radius 3 is 2.45 bits per heavy atom. The molecule has 4 aromatic rings. The maximum absolute atomic E-state index is 10.2. The number of hydrogen-bond acceptors (Lipinski definition) is 7. The molecule has 2 aromatic heterocycles. The van der Waals surface area contributed by atoms with E-state index in [1.54, 1.807) is 19.5 Å². The van der Waals surface area contributed by atoms with Gasteiger partial charge in [-0.15, -0.1) is 0 Å². The smallest absolute Gasteiger partial charge is 0.219 e. The Bertz CT molecular complexity index is 1360. The molecule has 8 nitrogen and oxygen atoms in total. The molecule has 1 aliphatic rings. The topological polar surface area (TPSA) is 112 Å². The minimum atomic E-state index is 0.282. The highest BCUT2D eigenvalue weighted by Gasteiger charge is 2.23. The van der Waals surface area contributed by atoms with Crippen LogP contribution in [0.4, 0.5) is 5.95 Å². The van der Waals surface area contributed by atoms with Crippen LogP contribution in [0.3, 0.4) is 0 Å². The standard InChI is InChI=1S/C18H25ClN2O.C14H15N3O.CH5N/c1-20-8-3-5-15(13-20)17-11-14-6-7-16(19)12-18(14)21(17)9-4-10-22-2;15-14-16-9-13(10-17-14)12-6-4-11(5-7-12)3-1-2-8-18;1-2/h6-7,11-12,15H,3-5,8-10,13H2,1-2H3;4-10H,1-3H2,(H2,15,16,17);2H2,1H3. The van der Waals surface area contributed by atoms with E-state index in [9.17, 15) is 4.79 Å². The van der Waals surface area contributed by atoms with Gasteiger partial charge in [-0.2, -0.15) is 0 Å². The van der Waals surface area contributed by atoms with E-state index < -0.39 is 0 Å². The lowest BCUT2D eigenvalue weighted by Crippen LogP contribution is -2.31. The number of unbranched alkanes of at least 4 members (excludes halogenated alkanes) is 1. The van der Waals surface area contributed by atoms with Crippen LogP contribution in [-0.2, 0) is 22.5 Å². The molecule has 1 unspecified atom stereocenters. The van der Waals surface area contributed by atoms with Gasteiger partial charge >= 0.3 is 0 Å². The minimum Gasteiger partial charge on any atom is -0.385 e. The van der Waals surface area contributed by atoms with Gasteiger partial charge in [0, 0.05) is 73.3 Å². The van der Waals surface area contributed by atoms with Crippen LogP contribution in [0, 0.1) is 0 Å². The number of nitrogen functional groups attached to an aromatic ring is 1. The fourth-order valence-electron chi connectivity index (χ4n) is 5.35. The van der Waals surface area contributed by atoms with Gasteiger partial charge in [0.05, 0.1) is 0 Å². The van der Waals surface area contributed by atoms with Gasteiger partial charge < -0.3 is 30.5 Å². The molecule has 1 fully saturated rings. The molecule has 42 heavy (non-hydrogen) atoms. The largest absolute Gasteiger partial charge is 0.385 e. The molecular weight excluding hydrogens is 548 g/mol. The SMILES string of the molecule is CN.COCCCn1c(C2CCCN(C)C2)cc2ccc(Cl)cc21.Nc1ncc(-c2ccc(CCCC=O)cc2)cn1. The Hall–Kier alpha value is -3.30. The molecule has 2 aromatic carbocycles. The number of piperidine rings is 1. The summed E-state index contributed by atoms with van der Waals surface area (Å²) in [6.07, 6.45) is 10.4. The molecular formula is C33H45ClN6O2. The molecule has 5 rings (SSSR count). The van der Waals surface area contributed by atoms with Crippen molar-refractivity contribution in [1.29, 1.82) is 0 Å². The molecule has 4 N–H and O–H groups in total. The molecule has 0 radical (unpaired) electrons. The van der Waals surface area contributed by atoms with Gasteiger partial charge in [-0.05, 0) is 87.5 Å². The second kappa shape index (κ2) is 17.6. The van der Waals surface area contributed by atoms with Gasteiger partial charge in [0.25, 0.3) is 0 Å². The number of benzene rings is 2. The Morgan fingerprint density at radius 1 is 1.05 bits per heavy atom. The monoisotopic (exact) mass is 592 g/mol. The molecule has 0 spiro atoms. The predicted molar refractivity (Wildman–Crippen MR) is 174 cm³/mol. The number of halogens is 1. The number of carbonyl (C=O) groups excluding carboxylic acids is 1. The van der Waals surface area contributed by atoms with E-state index >= 15 is 0 Å². The number of aryl methyl sites for hydroxylation is 2. The number of nitrogens with zero attached hydrogens (tertiary/aromatic N) is 4. The zero-order chi connectivity index (χ0) is 30.3. The van der Waals surface area contributed by atoms with Gasteiger partial charge in [0.1, 0.15) is 6.29 Å². The van der Waals surface area contributed by atoms with Crippen molar-refractivity contribution in [2.45, 2.75) is 51.0 Å². The molecule has 0 saturated carbocycles. The normalized spacial score (nSPS) is 14.9. The van der Waals surface area contributed by atoms with Crippen molar-refractivity contribution in [3.8, 4) is 11.1 Å². The molecule has 1 aliphatic heterocycles. The number of fused-ring (bicyclic) bond motifs is 1. The number of ether oxygens (including phenoxy) is 1. The molecule has 1 atom stereocenters. The number of anilines is 1. The highest BCUT2D eigenvalue weighted by molar-refractivity contribution is 6.31. The van der Waals surface area contributed by atoms with Crippen LogP contribution in [0.15, 0.2) is 60.9 Å². The molecule has 3 heterocycles. The average Bonchev–Trinajstić information content (AvgIpc) is 3.37. The minimum absolute atomic E-state index is 0.282. The van der Waals surface area contributed by atoms with Crippen molar-refractivity contribution in [1.82, 2.24) is 19.4 Å². The third kappa shape index (κ3) is 9.63.